The highest BCUT2D eigenvalue weighted by molar-refractivity contribution is 5.98. The van der Waals surface area contributed by atoms with Crippen LogP contribution >= 0.6 is 0 Å². The number of rotatable bonds is 8. The van der Waals surface area contributed by atoms with E-state index in [9.17, 15) is 9.59 Å². The Kier molecular flexibility index (Phi) is 7.11. The van der Waals surface area contributed by atoms with Crippen LogP contribution in [0, 0.1) is 0 Å². The highest BCUT2D eigenvalue weighted by atomic mass is 16.2. The molecule has 1 N–H and O–H groups in total. The van der Waals surface area contributed by atoms with Gasteiger partial charge in [-0.15, -0.1) is 0 Å². The summed E-state index contributed by atoms with van der Waals surface area (Å²) >= 11 is 0. The van der Waals surface area contributed by atoms with E-state index in [1.165, 1.54) is 11.8 Å². The zero-order valence-corrected chi connectivity index (χ0v) is 16.5. The predicted molar refractivity (Wildman–Crippen MR) is 114 cm³/mol. The van der Waals surface area contributed by atoms with Gasteiger partial charge < -0.3 is 10.2 Å². The van der Waals surface area contributed by atoms with E-state index < -0.39 is 0 Å². The molecule has 1 heterocycles. The average molecular weight is 387 g/mol. The van der Waals surface area contributed by atoms with Gasteiger partial charge in [-0.25, -0.2) is 0 Å². The van der Waals surface area contributed by atoms with Crippen LogP contribution in [0.3, 0.4) is 0 Å². The van der Waals surface area contributed by atoms with Crippen molar-refractivity contribution >= 4 is 11.8 Å². The molecule has 0 radical (unpaired) electrons. The Hall–Kier alpha value is -3.47. The number of carbonyl (C=O) groups excluding carboxylic acids is 2. The summed E-state index contributed by atoms with van der Waals surface area (Å²) in [6, 6.07) is 23.1. The Balaban J connectivity index is 1.53. The number of benzene rings is 2. The van der Waals surface area contributed by atoms with Crippen LogP contribution in [0.15, 0.2) is 79.0 Å². The Labute approximate surface area is 171 Å². The molecule has 0 saturated heterocycles. The summed E-state index contributed by atoms with van der Waals surface area (Å²) in [6.45, 7) is 1.06. The Morgan fingerprint density at radius 3 is 2.28 bits per heavy atom. The monoisotopic (exact) mass is 387 g/mol. The molecule has 0 aliphatic rings. The van der Waals surface area contributed by atoms with Crippen LogP contribution in [0.25, 0.3) is 0 Å². The van der Waals surface area contributed by atoms with Crippen LogP contribution in [0.4, 0.5) is 0 Å². The number of hydrogen-bond acceptors (Lipinski definition) is 3. The molecule has 148 valence electrons. The van der Waals surface area contributed by atoms with Gasteiger partial charge >= 0.3 is 0 Å². The molecule has 0 unspecified atom stereocenters. The van der Waals surface area contributed by atoms with Gasteiger partial charge in [0, 0.05) is 31.9 Å². The van der Waals surface area contributed by atoms with Crippen LogP contribution in [0.5, 0.6) is 0 Å². The number of amides is 2. The lowest BCUT2D eigenvalue weighted by molar-refractivity contribution is 0.0779. The number of aromatic nitrogens is 1. The smallest absolute Gasteiger partial charge is 0.272 e. The fourth-order valence-corrected chi connectivity index (χ4v) is 3.05. The number of hydrogen-bond donors (Lipinski definition) is 1. The molecular formula is C24H25N3O2. The minimum Gasteiger partial charge on any atom is -0.352 e. The van der Waals surface area contributed by atoms with E-state index in [1.54, 1.807) is 24.1 Å². The van der Waals surface area contributed by atoms with Crippen molar-refractivity contribution in [2.24, 2.45) is 0 Å². The predicted octanol–water partition coefficient (Wildman–Crippen LogP) is 3.72. The number of nitrogens with one attached hydrogen (secondary N) is 1. The standard InChI is InChI=1S/C24H25N3O2/c1-27(18-20-11-6-3-7-12-20)24(29)22-17-21(14-16-25-22)23(28)26-15-8-13-19-9-4-2-5-10-19/h2-7,9-12,14,16-17H,8,13,15,18H2,1H3,(H,26,28). The average Bonchev–Trinajstić information content (AvgIpc) is 2.77. The van der Waals surface area contributed by atoms with Crippen LogP contribution in [0.1, 0.15) is 38.4 Å². The van der Waals surface area contributed by atoms with Gasteiger partial charge in [0.15, 0.2) is 0 Å². The SMILES string of the molecule is CN(Cc1ccccc1)C(=O)c1cc(C(=O)NCCCc2ccccc2)ccn1. The zero-order valence-electron chi connectivity index (χ0n) is 16.5. The number of carbonyl (C=O) groups is 2. The quantitative estimate of drug-likeness (QED) is 0.599. The van der Waals surface area contributed by atoms with Crippen molar-refractivity contribution in [3.05, 3.63) is 101 Å². The third kappa shape index (κ3) is 6.01. The van der Waals surface area contributed by atoms with Crippen molar-refractivity contribution in [3.63, 3.8) is 0 Å². The topological polar surface area (TPSA) is 62.3 Å². The Bertz CT molecular complexity index is 943. The number of nitrogens with zero attached hydrogens (tertiary/aromatic N) is 2. The second-order valence-electron chi connectivity index (χ2n) is 6.92. The van der Waals surface area contributed by atoms with Gasteiger partial charge in [0.1, 0.15) is 5.69 Å². The van der Waals surface area contributed by atoms with Crippen molar-refractivity contribution in [3.8, 4) is 0 Å². The minimum absolute atomic E-state index is 0.194. The van der Waals surface area contributed by atoms with Crippen molar-refractivity contribution in [2.45, 2.75) is 19.4 Å². The minimum atomic E-state index is -0.215. The normalized spacial score (nSPS) is 10.4. The first-order valence-corrected chi connectivity index (χ1v) is 9.71. The Morgan fingerprint density at radius 2 is 1.59 bits per heavy atom. The van der Waals surface area contributed by atoms with Gasteiger partial charge in [0.2, 0.25) is 0 Å². The molecule has 0 aliphatic carbocycles. The molecule has 0 atom stereocenters. The van der Waals surface area contributed by atoms with E-state index in [0.29, 0.717) is 18.7 Å². The number of pyridine rings is 1. The molecule has 5 heteroatoms. The van der Waals surface area contributed by atoms with E-state index in [4.69, 9.17) is 0 Å². The molecule has 0 aliphatic heterocycles. The molecule has 2 aromatic carbocycles. The van der Waals surface area contributed by atoms with Crippen LogP contribution in [-0.4, -0.2) is 35.3 Å². The Morgan fingerprint density at radius 1 is 0.931 bits per heavy atom. The molecule has 1 aromatic heterocycles. The van der Waals surface area contributed by atoms with Crippen molar-refractivity contribution < 1.29 is 9.59 Å². The first-order valence-electron chi connectivity index (χ1n) is 9.71. The summed E-state index contributed by atoms with van der Waals surface area (Å²) < 4.78 is 0. The summed E-state index contributed by atoms with van der Waals surface area (Å²) in [5, 5.41) is 2.91. The van der Waals surface area contributed by atoms with Crippen LogP contribution < -0.4 is 5.32 Å². The maximum atomic E-state index is 12.7. The van der Waals surface area contributed by atoms with Gasteiger partial charge in [0.25, 0.3) is 11.8 Å². The molecule has 3 rings (SSSR count). The summed E-state index contributed by atoms with van der Waals surface area (Å²) in [5.74, 6) is -0.409. The fourth-order valence-electron chi connectivity index (χ4n) is 3.05. The molecule has 0 fully saturated rings. The van der Waals surface area contributed by atoms with E-state index in [0.717, 1.165) is 18.4 Å². The van der Waals surface area contributed by atoms with Gasteiger partial charge in [-0.3, -0.25) is 14.6 Å². The van der Waals surface area contributed by atoms with Gasteiger partial charge in [-0.1, -0.05) is 60.7 Å². The second-order valence-corrected chi connectivity index (χ2v) is 6.92. The van der Waals surface area contributed by atoms with Crippen molar-refractivity contribution in [2.75, 3.05) is 13.6 Å². The third-order valence-corrected chi connectivity index (χ3v) is 4.62. The van der Waals surface area contributed by atoms with Crippen LogP contribution in [0.2, 0.25) is 0 Å². The van der Waals surface area contributed by atoms with Gasteiger partial charge in [-0.05, 0) is 36.1 Å². The van der Waals surface area contributed by atoms with Gasteiger partial charge in [0.05, 0.1) is 0 Å². The lowest BCUT2D eigenvalue weighted by Crippen LogP contribution is -2.28. The largest absolute Gasteiger partial charge is 0.352 e. The summed E-state index contributed by atoms with van der Waals surface area (Å²) in [7, 11) is 1.73. The number of aryl methyl sites for hydroxylation is 1. The first kappa shape index (κ1) is 20.3. The van der Waals surface area contributed by atoms with Gasteiger partial charge in [-0.2, -0.15) is 0 Å². The molecule has 29 heavy (non-hydrogen) atoms. The lowest BCUT2D eigenvalue weighted by atomic mass is 10.1. The second kappa shape index (κ2) is 10.2. The van der Waals surface area contributed by atoms with E-state index >= 15 is 0 Å². The molecule has 5 nitrogen and oxygen atoms in total. The highest BCUT2D eigenvalue weighted by Gasteiger charge is 2.15. The summed E-state index contributed by atoms with van der Waals surface area (Å²) in [6.07, 6.45) is 3.26. The molecule has 0 saturated carbocycles. The van der Waals surface area contributed by atoms with E-state index in [1.807, 2.05) is 48.5 Å². The molecule has 2 amide bonds. The lowest BCUT2D eigenvalue weighted by Gasteiger charge is -2.17. The molecule has 0 bridgehead atoms. The fraction of sp³-hybridized carbons (Fsp3) is 0.208. The maximum Gasteiger partial charge on any atom is 0.272 e. The van der Waals surface area contributed by atoms with Crippen molar-refractivity contribution in [1.82, 2.24) is 15.2 Å². The van der Waals surface area contributed by atoms with E-state index in [2.05, 4.69) is 22.4 Å². The van der Waals surface area contributed by atoms with Crippen LogP contribution in [-0.2, 0) is 13.0 Å². The molecular weight excluding hydrogens is 362 g/mol. The molecule has 3 aromatic rings. The zero-order chi connectivity index (χ0) is 20.5. The third-order valence-electron chi connectivity index (χ3n) is 4.62. The summed E-state index contributed by atoms with van der Waals surface area (Å²) in [5.41, 5.74) is 2.99. The van der Waals surface area contributed by atoms with Crippen molar-refractivity contribution in [1.29, 1.82) is 0 Å². The van der Waals surface area contributed by atoms with E-state index in [-0.39, 0.29) is 17.5 Å². The first-order chi connectivity index (χ1) is 14.1. The highest BCUT2D eigenvalue weighted by Crippen LogP contribution is 2.09. The summed E-state index contributed by atoms with van der Waals surface area (Å²) in [4.78, 5) is 30.8. The molecule has 0 spiro atoms. The maximum absolute atomic E-state index is 12.7.